The summed E-state index contributed by atoms with van der Waals surface area (Å²) in [5.74, 6) is 0.337. The van der Waals surface area contributed by atoms with Crippen LogP contribution in [0.25, 0.3) is 11.4 Å². The van der Waals surface area contributed by atoms with Gasteiger partial charge in [-0.25, -0.2) is 22.5 Å². The average Bonchev–Trinajstić information content (AvgIpc) is 3.10. The van der Waals surface area contributed by atoms with Gasteiger partial charge in [-0.1, -0.05) is 5.16 Å². The fraction of sp³-hybridized carbons (Fsp3) is 0.235. The summed E-state index contributed by atoms with van der Waals surface area (Å²) in [6.45, 7) is 3.68. The Bertz CT molecular complexity index is 1040. The molecular formula is C17H17FN4O4S. The minimum Gasteiger partial charge on any atom is -0.478 e. The lowest BCUT2D eigenvalue weighted by Gasteiger charge is -2.07. The van der Waals surface area contributed by atoms with Crippen molar-refractivity contribution < 1.29 is 22.1 Å². The van der Waals surface area contributed by atoms with Crippen molar-refractivity contribution in [2.75, 3.05) is 6.61 Å². The predicted molar refractivity (Wildman–Crippen MR) is 93.9 cm³/mol. The van der Waals surface area contributed by atoms with Gasteiger partial charge in [-0.05, 0) is 43.7 Å². The highest BCUT2D eigenvalue weighted by Crippen LogP contribution is 2.19. The molecule has 0 atom stereocenters. The second-order valence-electron chi connectivity index (χ2n) is 5.56. The monoisotopic (exact) mass is 392 g/mol. The maximum absolute atomic E-state index is 13.2. The van der Waals surface area contributed by atoms with Gasteiger partial charge in [0, 0.05) is 17.8 Å². The van der Waals surface area contributed by atoms with E-state index in [9.17, 15) is 12.8 Å². The van der Waals surface area contributed by atoms with Gasteiger partial charge in [0.2, 0.25) is 27.6 Å². The number of hydrogen-bond acceptors (Lipinski definition) is 7. The van der Waals surface area contributed by atoms with Crippen molar-refractivity contribution in [2.24, 2.45) is 0 Å². The van der Waals surface area contributed by atoms with Crippen LogP contribution in [0.5, 0.6) is 5.88 Å². The number of nitrogens with zero attached hydrogens (tertiary/aromatic N) is 3. The Labute approximate surface area is 155 Å². The van der Waals surface area contributed by atoms with Crippen LogP contribution in [0.3, 0.4) is 0 Å². The van der Waals surface area contributed by atoms with Crippen molar-refractivity contribution in [3.8, 4) is 17.3 Å². The quantitative estimate of drug-likeness (QED) is 0.658. The second-order valence-corrected chi connectivity index (χ2v) is 7.30. The third-order valence-corrected chi connectivity index (χ3v) is 5.16. The van der Waals surface area contributed by atoms with Gasteiger partial charge in [0.25, 0.3) is 0 Å². The summed E-state index contributed by atoms with van der Waals surface area (Å²) in [4.78, 5) is 8.24. The molecule has 1 N–H and O–H groups in total. The van der Waals surface area contributed by atoms with E-state index in [2.05, 4.69) is 19.8 Å². The summed E-state index contributed by atoms with van der Waals surface area (Å²) >= 11 is 0. The molecule has 2 heterocycles. The Morgan fingerprint density at radius 2 is 2.07 bits per heavy atom. The summed E-state index contributed by atoms with van der Waals surface area (Å²) in [7, 11) is -3.85. The van der Waals surface area contributed by atoms with E-state index in [1.165, 1.54) is 19.2 Å². The third-order valence-electron chi connectivity index (χ3n) is 3.59. The second kappa shape index (κ2) is 7.80. The number of pyridine rings is 1. The minimum atomic E-state index is -3.85. The zero-order valence-corrected chi connectivity index (χ0v) is 15.5. The number of rotatable bonds is 7. The summed E-state index contributed by atoms with van der Waals surface area (Å²) in [6.07, 6.45) is 1.53. The largest absolute Gasteiger partial charge is 0.478 e. The number of ether oxygens (including phenoxy) is 1. The number of hydrogen-bond donors (Lipinski definition) is 1. The van der Waals surface area contributed by atoms with Crippen LogP contribution in [0.1, 0.15) is 18.4 Å². The molecule has 0 fully saturated rings. The molecule has 3 aromatic rings. The van der Waals surface area contributed by atoms with Crippen molar-refractivity contribution in [3.63, 3.8) is 0 Å². The Kier molecular flexibility index (Phi) is 5.47. The van der Waals surface area contributed by atoms with Gasteiger partial charge >= 0.3 is 0 Å². The summed E-state index contributed by atoms with van der Waals surface area (Å²) in [5.41, 5.74) is 0.903. The molecule has 3 rings (SSSR count). The molecule has 0 saturated heterocycles. The predicted octanol–water partition coefficient (Wildman–Crippen LogP) is 2.46. The van der Waals surface area contributed by atoms with Gasteiger partial charge in [-0.3, -0.25) is 0 Å². The van der Waals surface area contributed by atoms with Gasteiger partial charge in [-0.15, -0.1) is 0 Å². The molecule has 0 amide bonds. The first-order chi connectivity index (χ1) is 12.9. The van der Waals surface area contributed by atoms with Crippen LogP contribution < -0.4 is 9.46 Å². The maximum Gasteiger partial charge on any atom is 0.242 e. The molecule has 0 aliphatic heterocycles. The third kappa shape index (κ3) is 4.47. The van der Waals surface area contributed by atoms with E-state index in [1.807, 2.05) is 6.92 Å². The maximum atomic E-state index is 13.2. The van der Waals surface area contributed by atoms with E-state index >= 15 is 0 Å². The molecule has 142 valence electrons. The van der Waals surface area contributed by atoms with Gasteiger partial charge in [0.15, 0.2) is 0 Å². The molecule has 8 nitrogen and oxygen atoms in total. The Morgan fingerprint density at radius 1 is 1.26 bits per heavy atom. The topological polar surface area (TPSA) is 107 Å². The average molecular weight is 392 g/mol. The molecular weight excluding hydrogens is 375 g/mol. The fourth-order valence-corrected chi connectivity index (χ4v) is 3.54. The van der Waals surface area contributed by atoms with Gasteiger partial charge in [0.1, 0.15) is 5.82 Å². The molecule has 0 unspecified atom stereocenters. The normalized spacial score (nSPS) is 11.5. The van der Waals surface area contributed by atoms with E-state index in [-0.39, 0.29) is 23.2 Å². The molecule has 2 aromatic heterocycles. The van der Waals surface area contributed by atoms with Crippen LogP contribution in [-0.2, 0) is 16.6 Å². The zero-order chi connectivity index (χ0) is 19.4. The zero-order valence-electron chi connectivity index (χ0n) is 14.6. The van der Waals surface area contributed by atoms with E-state index in [0.717, 1.165) is 12.1 Å². The van der Waals surface area contributed by atoms with Crippen LogP contribution in [0.15, 0.2) is 45.9 Å². The number of sulfonamides is 1. The molecule has 0 spiro atoms. The van der Waals surface area contributed by atoms with Gasteiger partial charge < -0.3 is 9.26 Å². The lowest BCUT2D eigenvalue weighted by molar-refractivity contribution is 0.327. The molecule has 0 bridgehead atoms. The van der Waals surface area contributed by atoms with E-state index < -0.39 is 15.8 Å². The Balaban J connectivity index is 1.70. The summed E-state index contributed by atoms with van der Waals surface area (Å²) < 4.78 is 50.6. The van der Waals surface area contributed by atoms with E-state index in [1.54, 1.807) is 12.1 Å². The van der Waals surface area contributed by atoms with Crippen LogP contribution in [0.2, 0.25) is 0 Å². The first-order valence-electron chi connectivity index (χ1n) is 8.06. The number of aryl methyl sites for hydroxylation is 1. The van der Waals surface area contributed by atoms with Crippen molar-refractivity contribution in [2.45, 2.75) is 25.3 Å². The van der Waals surface area contributed by atoms with Crippen molar-refractivity contribution in [1.29, 1.82) is 0 Å². The smallest absolute Gasteiger partial charge is 0.242 e. The highest BCUT2D eigenvalue weighted by Gasteiger charge is 2.19. The summed E-state index contributed by atoms with van der Waals surface area (Å²) in [6, 6.07) is 6.84. The van der Waals surface area contributed by atoms with Gasteiger partial charge in [0.05, 0.1) is 18.0 Å². The van der Waals surface area contributed by atoms with E-state index in [4.69, 9.17) is 9.26 Å². The standard InChI is InChI=1S/C17H17FN4O4S/c1-3-25-15-7-4-12(9-19-15)17-21-16(26-22-17)10-20-27(23,24)14-6-5-13(18)8-11(14)2/h4-9,20H,3,10H2,1-2H3. The van der Waals surface area contributed by atoms with Crippen LogP contribution in [-0.4, -0.2) is 30.1 Å². The molecule has 27 heavy (non-hydrogen) atoms. The summed E-state index contributed by atoms with van der Waals surface area (Å²) in [5, 5.41) is 3.81. The number of aromatic nitrogens is 3. The van der Waals surface area contributed by atoms with Crippen molar-refractivity contribution in [1.82, 2.24) is 19.8 Å². The van der Waals surface area contributed by atoms with Gasteiger partial charge in [-0.2, -0.15) is 4.98 Å². The Hall–Kier alpha value is -2.85. The highest BCUT2D eigenvalue weighted by molar-refractivity contribution is 7.89. The van der Waals surface area contributed by atoms with Crippen molar-refractivity contribution >= 4 is 10.0 Å². The lowest BCUT2D eigenvalue weighted by Crippen LogP contribution is -2.24. The SMILES string of the molecule is CCOc1ccc(-c2noc(CNS(=O)(=O)c3ccc(F)cc3C)n2)cn1. The molecule has 0 saturated carbocycles. The first-order valence-corrected chi connectivity index (χ1v) is 9.55. The minimum absolute atomic E-state index is 0.0145. The molecule has 0 aliphatic rings. The highest BCUT2D eigenvalue weighted by atomic mass is 32.2. The van der Waals surface area contributed by atoms with Crippen LogP contribution >= 0.6 is 0 Å². The van der Waals surface area contributed by atoms with Crippen molar-refractivity contribution in [3.05, 3.63) is 53.8 Å². The molecule has 0 aliphatic carbocycles. The molecule has 10 heteroatoms. The van der Waals surface area contributed by atoms with E-state index in [0.29, 0.717) is 23.6 Å². The molecule has 0 radical (unpaired) electrons. The Morgan fingerprint density at radius 3 is 2.74 bits per heavy atom. The number of benzene rings is 1. The first kappa shape index (κ1) is 18.9. The van der Waals surface area contributed by atoms with Crippen LogP contribution in [0, 0.1) is 12.7 Å². The fourth-order valence-electron chi connectivity index (χ4n) is 2.34. The number of halogens is 1. The molecule has 1 aromatic carbocycles. The van der Waals surface area contributed by atoms with Crippen LogP contribution in [0.4, 0.5) is 4.39 Å². The number of nitrogens with one attached hydrogen (secondary N) is 1. The lowest BCUT2D eigenvalue weighted by atomic mass is 10.2.